The minimum Gasteiger partial charge on any atom is -0.463 e. The first-order valence-electron chi connectivity index (χ1n) is 11.8. The Hall–Kier alpha value is -2.10. The predicted molar refractivity (Wildman–Crippen MR) is 127 cm³/mol. The van der Waals surface area contributed by atoms with Gasteiger partial charge >= 0.3 is 19.1 Å². The van der Waals surface area contributed by atoms with E-state index in [0.717, 1.165) is 11.0 Å². The molecule has 0 aliphatic carbocycles. The standard InChI is InChI=1S/C25H37BO8/c1-14-12-19(26-33-24(6,7)25(8,9)34-26)10-11-20(14)31-23-22(30-18(5)28)16(3)15(2)21(32-23)13-29-17(4)27/h10-12,15-16,21-23H,13H2,1-9H3/t15-,16-,21?,22?,23-/m0/s1. The first-order valence-corrected chi connectivity index (χ1v) is 11.8. The number of hydrogen-bond acceptors (Lipinski definition) is 8. The molecule has 0 aromatic heterocycles. The van der Waals surface area contributed by atoms with E-state index in [-0.39, 0.29) is 30.5 Å². The number of ether oxygens (including phenoxy) is 4. The van der Waals surface area contributed by atoms with Crippen LogP contribution in [0, 0.1) is 18.8 Å². The first kappa shape index (κ1) is 26.5. The third kappa shape index (κ3) is 5.58. The molecule has 2 aliphatic rings. The quantitative estimate of drug-likeness (QED) is 0.457. The van der Waals surface area contributed by atoms with Gasteiger partial charge in [0.15, 0.2) is 6.10 Å². The Kier molecular flexibility index (Phi) is 7.70. The Morgan fingerprint density at radius 2 is 1.62 bits per heavy atom. The minimum atomic E-state index is -0.850. The molecule has 2 heterocycles. The van der Waals surface area contributed by atoms with E-state index in [0.29, 0.717) is 5.75 Å². The lowest BCUT2D eigenvalue weighted by Crippen LogP contribution is -2.54. The molecule has 5 atom stereocenters. The maximum absolute atomic E-state index is 11.8. The molecule has 2 saturated heterocycles. The van der Waals surface area contributed by atoms with Crippen LogP contribution in [-0.2, 0) is 33.1 Å². The smallest absolute Gasteiger partial charge is 0.463 e. The van der Waals surface area contributed by atoms with Crippen molar-refractivity contribution in [3.05, 3.63) is 23.8 Å². The van der Waals surface area contributed by atoms with E-state index in [1.165, 1.54) is 13.8 Å². The Morgan fingerprint density at radius 1 is 1.00 bits per heavy atom. The Balaban J connectivity index is 1.80. The van der Waals surface area contributed by atoms with E-state index < -0.39 is 36.7 Å². The van der Waals surface area contributed by atoms with E-state index in [1.54, 1.807) is 0 Å². The van der Waals surface area contributed by atoms with Gasteiger partial charge in [-0.15, -0.1) is 0 Å². The predicted octanol–water partition coefficient (Wildman–Crippen LogP) is 3.16. The summed E-state index contributed by atoms with van der Waals surface area (Å²) in [5.41, 5.74) is 0.884. The molecule has 1 aromatic rings. The van der Waals surface area contributed by atoms with Gasteiger partial charge in [0.05, 0.1) is 17.3 Å². The number of carbonyl (C=O) groups excluding carboxylic acids is 2. The van der Waals surface area contributed by atoms with Gasteiger partial charge in [0, 0.05) is 19.8 Å². The number of rotatable bonds is 6. The molecule has 0 amide bonds. The molecule has 0 saturated carbocycles. The number of hydrogen-bond donors (Lipinski definition) is 0. The van der Waals surface area contributed by atoms with Crippen LogP contribution in [0.1, 0.15) is 61.0 Å². The molecule has 2 aliphatic heterocycles. The maximum atomic E-state index is 11.8. The molecule has 188 valence electrons. The van der Waals surface area contributed by atoms with Crippen LogP contribution in [0.5, 0.6) is 5.75 Å². The zero-order chi connectivity index (χ0) is 25.4. The lowest BCUT2D eigenvalue weighted by molar-refractivity contribution is -0.253. The highest BCUT2D eigenvalue weighted by Gasteiger charge is 2.52. The summed E-state index contributed by atoms with van der Waals surface area (Å²) in [6, 6.07) is 5.70. The van der Waals surface area contributed by atoms with Crippen molar-refractivity contribution < 1.29 is 37.8 Å². The van der Waals surface area contributed by atoms with Gasteiger partial charge in [0.2, 0.25) is 6.29 Å². The van der Waals surface area contributed by atoms with Gasteiger partial charge in [-0.3, -0.25) is 9.59 Å². The highest BCUT2D eigenvalue weighted by molar-refractivity contribution is 6.62. The number of benzene rings is 1. The van der Waals surface area contributed by atoms with Crippen LogP contribution < -0.4 is 10.2 Å². The SMILES string of the molecule is CC(=O)OCC1O[C@H](Oc2ccc(B3OC(C)(C)C(C)(C)O3)cc2C)C(OC(C)=O)[C@@H](C)[C@@H]1C. The summed E-state index contributed by atoms with van der Waals surface area (Å²) >= 11 is 0. The molecule has 0 bridgehead atoms. The van der Waals surface area contributed by atoms with E-state index in [2.05, 4.69) is 0 Å². The summed E-state index contributed by atoms with van der Waals surface area (Å²) in [4.78, 5) is 23.1. The zero-order valence-electron chi connectivity index (χ0n) is 21.7. The fraction of sp³-hybridized carbons (Fsp3) is 0.680. The van der Waals surface area contributed by atoms with Crippen LogP contribution in [0.2, 0.25) is 0 Å². The number of carbonyl (C=O) groups is 2. The molecule has 0 radical (unpaired) electrons. The van der Waals surface area contributed by atoms with E-state index in [9.17, 15) is 9.59 Å². The molecular formula is C25H37BO8. The highest BCUT2D eigenvalue weighted by Crippen LogP contribution is 2.37. The fourth-order valence-corrected chi connectivity index (χ4v) is 4.15. The fourth-order valence-electron chi connectivity index (χ4n) is 4.15. The molecular weight excluding hydrogens is 439 g/mol. The van der Waals surface area contributed by atoms with E-state index >= 15 is 0 Å². The second-order valence-corrected chi connectivity index (χ2v) is 10.4. The summed E-state index contributed by atoms with van der Waals surface area (Å²) in [6.07, 6.45) is -1.85. The van der Waals surface area contributed by atoms with Gasteiger partial charge in [-0.25, -0.2) is 0 Å². The second kappa shape index (κ2) is 9.87. The van der Waals surface area contributed by atoms with Gasteiger partial charge in [-0.2, -0.15) is 0 Å². The largest absolute Gasteiger partial charge is 0.494 e. The van der Waals surface area contributed by atoms with Crippen LogP contribution in [0.15, 0.2) is 18.2 Å². The first-order chi connectivity index (χ1) is 15.7. The van der Waals surface area contributed by atoms with E-state index in [1.807, 2.05) is 66.7 Å². The minimum absolute atomic E-state index is 0.0182. The number of aryl methyl sites for hydroxylation is 1. The average Bonchev–Trinajstić information content (AvgIpc) is 2.94. The van der Waals surface area contributed by atoms with Crippen molar-refractivity contribution in [3.8, 4) is 5.75 Å². The van der Waals surface area contributed by atoms with Gasteiger partial charge < -0.3 is 28.3 Å². The van der Waals surface area contributed by atoms with Gasteiger partial charge in [0.25, 0.3) is 0 Å². The van der Waals surface area contributed by atoms with Crippen LogP contribution in [0.3, 0.4) is 0 Å². The molecule has 2 unspecified atom stereocenters. The highest BCUT2D eigenvalue weighted by atomic mass is 16.7. The Bertz CT molecular complexity index is 896. The molecule has 9 heteroatoms. The number of esters is 2. The average molecular weight is 476 g/mol. The Labute approximate surface area is 202 Å². The zero-order valence-corrected chi connectivity index (χ0v) is 21.7. The summed E-state index contributed by atoms with van der Waals surface area (Å²) in [5, 5.41) is 0. The molecule has 1 aromatic carbocycles. The molecule has 34 heavy (non-hydrogen) atoms. The second-order valence-electron chi connectivity index (χ2n) is 10.4. The van der Waals surface area contributed by atoms with Crippen molar-refractivity contribution >= 4 is 24.5 Å². The van der Waals surface area contributed by atoms with Crippen LogP contribution >= 0.6 is 0 Å². The summed E-state index contributed by atoms with van der Waals surface area (Å²) in [6.45, 7) is 16.8. The third-order valence-corrected chi connectivity index (χ3v) is 7.23. The maximum Gasteiger partial charge on any atom is 0.494 e. The van der Waals surface area contributed by atoms with Crippen LogP contribution in [0.4, 0.5) is 0 Å². The van der Waals surface area contributed by atoms with Crippen molar-refractivity contribution in [3.63, 3.8) is 0 Å². The Morgan fingerprint density at radius 3 is 2.15 bits per heavy atom. The summed E-state index contributed by atoms with van der Waals surface area (Å²) in [7, 11) is -0.480. The molecule has 3 rings (SSSR count). The lowest BCUT2D eigenvalue weighted by Gasteiger charge is -2.43. The molecule has 0 spiro atoms. The van der Waals surface area contributed by atoms with Crippen molar-refractivity contribution in [2.24, 2.45) is 11.8 Å². The van der Waals surface area contributed by atoms with Crippen molar-refractivity contribution in [1.82, 2.24) is 0 Å². The van der Waals surface area contributed by atoms with Gasteiger partial charge in [0.1, 0.15) is 12.4 Å². The van der Waals surface area contributed by atoms with Crippen molar-refractivity contribution in [1.29, 1.82) is 0 Å². The van der Waals surface area contributed by atoms with E-state index in [4.69, 9.17) is 28.3 Å². The van der Waals surface area contributed by atoms with Gasteiger partial charge in [-0.05, 0) is 57.6 Å². The van der Waals surface area contributed by atoms with Crippen LogP contribution in [-0.4, -0.2) is 55.4 Å². The molecule has 0 N–H and O–H groups in total. The van der Waals surface area contributed by atoms with Crippen molar-refractivity contribution in [2.75, 3.05) is 6.61 Å². The topological polar surface area (TPSA) is 89.5 Å². The summed E-state index contributed by atoms with van der Waals surface area (Å²) in [5.74, 6) is -0.289. The normalized spacial score (nSPS) is 30.0. The third-order valence-electron chi connectivity index (χ3n) is 7.23. The van der Waals surface area contributed by atoms with Crippen molar-refractivity contribution in [2.45, 2.75) is 92.0 Å². The monoisotopic (exact) mass is 476 g/mol. The van der Waals surface area contributed by atoms with Gasteiger partial charge in [-0.1, -0.05) is 26.0 Å². The molecule has 8 nitrogen and oxygen atoms in total. The summed E-state index contributed by atoms with van der Waals surface area (Å²) < 4.78 is 35.5. The molecule has 2 fully saturated rings. The van der Waals surface area contributed by atoms with Crippen LogP contribution in [0.25, 0.3) is 0 Å². The lowest BCUT2D eigenvalue weighted by atomic mass is 9.78.